The van der Waals surface area contributed by atoms with E-state index in [1.165, 1.54) is 32.3 Å². The lowest BCUT2D eigenvalue weighted by Crippen LogP contribution is -2.11. The molecule has 9 aromatic carbocycles. The van der Waals surface area contributed by atoms with E-state index in [4.69, 9.17) is 8.83 Å². The first-order valence-corrected chi connectivity index (χ1v) is 18.2. The molecule has 0 saturated heterocycles. The summed E-state index contributed by atoms with van der Waals surface area (Å²) < 4.78 is 13.4. The van der Waals surface area contributed by atoms with Crippen LogP contribution in [-0.4, -0.2) is 7.05 Å². The van der Waals surface area contributed by atoms with Crippen molar-refractivity contribution in [3.05, 3.63) is 163 Å². The number of anilines is 5. The smallest absolute Gasteiger partial charge is 0.159 e. The second-order valence-corrected chi connectivity index (χ2v) is 14.2. The Morgan fingerprint density at radius 1 is 0.358 bits per heavy atom. The van der Waals surface area contributed by atoms with Crippen LogP contribution >= 0.6 is 0 Å². The first-order chi connectivity index (χ1) is 26.0. The quantitative estimate of drug-likeness (QED) is 0.169. The standard InChI is InChI=1S/C49H34N2O2/c1-29-11-7-15-34-36-17-9-19-42(48(36)52-46(29)34)50(3)40-27-23-31-22-26-39-41(28-24-32-21-25-38(40)44(31)45(32)39)51(33-13-5-4-6-14-33)43-20-10-18-37-35-16-8-12-30(2)47(35)53-49(37)43/h4-28H,1-3H3. The molecule has 0 bridgehead atoms. The van der Waals surface area contributed by atoms with Gasteiger partial charge >= 0.3 is 0 Å². The van der Waals surface area contributed by atoms with Gasteiger partial charge in [0.15, 0.2) is 11.2 Å². The highest BCUT2D eigenvalue weighted by Gasteiger charge is 2.24. The lowest BCUT2D eigenvalue weighted by Gasteiger charge is -2.28. The van der Waals surface area contributed by atoms with Crippen molar-refractivity contribution < 1.29 is 8.83 Å². The molecule has 0 fully saturated rings. The molecule has 0 unspecified atom stereocenters. The predicted molar refractivity (Wildman–Crippen MR) is 223 cm³/mol. The first kappa shape index (κ1) is 29.9. The maximum atomic E-state index is 6.75. The van der Waals surface area contributed by atoms with Gasteiger partial charge < -0.3 is 18.6 Å². The van der Waals surface area contributed by atoms with Gasteiger partial charge in [0.1, 0.15) is 11.2 Å². The van der Waals surface area contributed by atoms with Gasteiger partial charge in [0.05, 0.1) is 17.1 Å². The van der Waals surface area contributed by atoms with E-state index >= 15 is 0 Å². The molecule has 252 valence electrons. The highest BCUT2D eigenvalue weighted by Crippen LogP contribution is 2.48. The molecular weight excluding hydrogens is 649 g/mol. The third-order valence-corrected chi connectivity index (χ3v) is 11.2. The van der Waals surface area contributed by atoms with Crippen molar-refractivity contribution in [1.82, 2.24) is 0 Å². The molecule has 0 N–H and O–H groups in total. The van der Waals surface area contributed by atoms with E-state index in [1.54, 1.807) is 0 Å². The highest BCUT2D eigenvalue weighted by molar-refractivity contribution is 6.28. The van der Waals surface area contributed by atoms with Gasteiger partial charge in [0.25, 0.3) is 0 Å². The molecule has 0 aliphatic rings. The minimum Gasteiger partial charge on any atom is -0.454 e. The van der Waals surface area contributed by atoms with Crippen LogP contribution in [0.4, 0.5) is 28.4 Å². The molecule has 0 amide bonds. The maximum absolute atomic E-state index is 6.75. The van der Waals surface area contributed by atoms with Gasteiger partial charge in [0.2, 0.25) is 0 Å². The third-order valence-electron chi connectivity index (χ3n) is 11.2. The Balaban J connectivity index is 1.15. The van der Waals surface area contributed by atoms with Gasteiger partial charge in [-0.05, 0) is 82.9 Å². The molecule has 4 heteroatoms. The van der Waals surface area contributed by atoms with Crippen LogP contribution in [0.3, 0.4) is 0 Å². The molecular formula is C49H34N2O2. The van der Waals surface area contributed by atoms with Gasteiger partial charge in [-0.2, -0.15) is 0 Å². The van der Waals surface area contributed by atoms with Crippen LogP contribution in [0.5, 0.6) is 0 Å². The van der Waals surface area contributed by atoms with Crippen molar-refractivity contribution in [2.24, 2.45) is 0 Å². The van der Waals surface area contributed by atoms with Gasteiger partial charge in [-0.15, -0.1) is 0 Å². The second kappa shape index (κ2) is 11.1. The number of aryl methyl sites for hydroxylation is 2. The van der Waals surface area contributed by atoms with E-state index in [2.05, 4.69) is 182 Å². The Bertz CT molecular complexity index is 3230. The number of hydrogen-bond acceptors (Lipinski definition) is 4. The van der Waals surface area contributed by atoms with Crippen LogP contribution < -0.4 is 9.80 Å². The molecule has 0 aliphatic heterocycles. The minimum absolute atomic E-state index is 0.880. The zero-order chi connectivity index (χ0) is 35.4. The van der Waals surface area contributed by atoms with Crippen molar-refractivity contribution in [1.29, 1.82) is 0 Å². The summed E-state index contributed by atoms with van der Waals surface area (Å²) in [6.45, 7) is 4.23. The van der Waals surface area contributed by atoms with E-state index < -0.39 is 0 Å². The fourth-order valence-corrected chi connectivity index (χ4v) is 8.71. The molecule has 0 saturated carbocycles. The topological polar surface area (TPSA) is 32.8 Å². The Morgan fingerprint density at radius 2 is 0.830 bits per heavy atom. The second-order valence-electron chi connectivity index (χ2n) is 14.2. The zero-order valence-electron chi connectivity index (χ0n) is 29.6. The molecule has 11 aromatic rings. The van der Waals surface area contributed by atoms with Crippen molar-refractivity contribution in [2.75, 3.05) is 16.8 Å². The average Bonchev–Trinajstić information content (AvgIpc) is 3.79. The summed E-state index contributed by atoms with van der Waals surface area (Å²) in [7, 11) is 2.15. The summed E-state index contributed by atoms with van der Waals surface area (Å²) in [4.78, 5) is 4.65. The summed E-state index contributed by atoms with van der Waals surface area (Å²) in [5.41, 5.74) is 11.3. The van der Waals surface area contributed by atoms with Crippen LogP contribution in [0.15, 0.2) is 160 Å². The number of nitrogens with zero attached hydrogens (tertiary/aromatic N) is 2. The van der Waals surface area contributed by atoms with E-state index in [0.29, 0.717) is 0 Å². The van der Waals surface area contributed by atoms with E-state index in [9.17, 15) is 0 Å². The Hall–Kier alpha value is -6.78. The Kier molecular flexibility index (Phi) is 6.27. The van der Waals surface area contributed by atoms with Crippen LogP contribution in [0.25, 0.3) is 76.2 Å². The summed E-state index contributed by atoms with van der Waals surface area (Å²) in [5, 5.41) is 11.8. The Morgan fingerprint density at radius 3 is 1.43 bits per heavy atom. The normalized spacial score (nSPS) is 12.1. The number of fused-ring (bicyclic) bond motifs is 6. The molecule has 0 radical (unpaired) electrons. The van der Waals surface area contributed by atoms with Gasteiger partial charge in [0, 0.05) is 50.7 Å². The maximum Gasteiger partial charge on any atom is 0.159 e. The average molecular weight is 683 g/mol. The van der Waals surface area contributed by atoms with Crippen LogP contribution in [-0.2, 0) is 0 Å². The molecule has 2 heterocycles. The number of para-hydroxylation sites is 5. The first-order valence-electron chi connectivity index (χ1n) is 18.2. The molecule has 0 atom stereocenters. The van der Waals surface area contributed by atoms with Crippen molar-refractivity contribution in [3.63, 3.8) is 0 Å². The SMILES string of the molecule is Cc1cccc2c1oc1c(N(C)c3ccc4ccc5c(N(c6ccccc6)c6cccc7c6oc6c(C)cccc67)ccc6ccc3c4c65)cccc12. The van der Waals surface area contributed by atoms with Gasteiger partial charge in [-0.3, -0.25) is 0 Å². The lowest BCUT2D eigenvalue weighted by atomic mass is 9.92. The molecule has 0 spiro atoms. The van der Waals surface area contributed by atoms with Gasteiger partial charge in [-0.1, -0.05) is 115 Å². The molecule has 53 heavy (non-hydrogen) atoms. The van der Waals surface area contributed by atoms with Crippen molar-refractivity contribution >= 4 is 105 Å². The lowest BCUT2D eigenvalue weighted by molar-refractivity contribution is 0.665. The van der Waals surface area contributed by atoms with Crippen molar-refractivity contribution in [3.8, 4) is 0 Å². The summed E-state index contributed by atoms with van der Waals surface area (Å²) in [6.07, 6.45) is 0. The van der Waals surface area contributed by atoms with E-state index in [1.807, 2.05) is 0 Å². The van der Waals surface area contributed by atoms with Gasteiger partial charge in [-0.25, -0.2) is 0 Å². The molecule has 4 nitrogen and oxygen atoms in total. The number of benzene rings is 9. The number of furan rings is 2. The number of hydrogen-bond donors (Lipinski definition) is 0. The van der Waals surface area contributed by atoms with Crippen LogP contribution in [0.2, 0.25) is 0 Å². The van der Waals surface area contributed by atoms with Crippen LogP contribution in [0, 0.1) is 13.8 Å². The fraction of sp³-hybridized carbons (Fsp3) is 0.0612. The molecule has 11 rings (SSSR count). The predicted octanol–water partition coefficient (Wildman–Crippen LogP) is 14.2. The Labute approximate surface area is 306 Å². The van der Waals surface area contributed by atoms with E-state index in [-0.39, 0.29) is 0 Å². The van der Waals surface area contributed by atoms with Crippen molar-refractivity contribution in [2.45, 2.75) is 13.8 Å². The monoisotopic (exact) mass is 682 g/mol. The summed E-state index contributed by atoms with van der Waals surface area (Å²) >= 11 is 0. The van der Waals surface area contributed by atoms with E-state index in [0.717, 1.165) is 83.4 Å². The molecule has 0 aliphatic carbocycles. The summed E-state index contributed by atoms with van der Waals surface area (Å²) in [6, 6.07) is 54.5. The highest BCUT2D eigenvalue weighted by atomic mass is 16.3. The van der Waals surface area contributed by atoms with Crippen LogP contribution in [0.1, 0.15) is 11.1 Å². The molecule has 2 aromatic heterocycles. The minimum atomic E-state index is 0.880. The summed E-state index contributed by atoms with van der Waals surface area (Å²) in [5.74, 6) is 0. The zero-order valence-corrected chi connectivity index (χ0v) is 29.6. The fourth-order valence-electron chi connectivity index (χ4n) is 8.71. The number of rotatable bonds is 5. The largest absolute Gasteiger partial charge is 0.454 e. The third kappa shape index (κ3) is 4.24.